The molecule has 3 heteroatoms. The molecule has 0 amide bonds. The molecule has 1 saturated carbocycles. The van der Waals surface area contributed by atoms with Crippen LogP contribution < -0.4 is 0 Å². The fourth-order valence-corrected chi connectivity index (χ4v) is 2.05. The van der Waals surface area contributed by atoms with Crippen molar-refractivity contribution in [2.45, 2.75) is 37.7 Å². The zero-order valence-electron chi connectivity index (χ0n) is 8.11. The van der Waals surface area contributed by atoms with Crippen LogP contribution in [0.3, 0.4) is 0 Å². The van der Waals surface area contributed by atoms with Crippen LogP contribution in [-0.4, -0.2) is 15.2 Å². The van der Waals surface area contributed by atoms with Crippen LogP contribution in [0.15, 0.2) is 18.3 Å². The van der Waals surface area contributed by atoms with Gasteiger partial charge in [0, 0.05) is 0 Å². The van der Waals surface area contributed by atoms with Crippen molar-refractivity contribution in [1.29, 1.82) is 0 Å². The van der Waals surface area contributed by atoms with Crippen LogP contribution in [0.5, 0.6) is 5.75 Å². The lowest BCUT2D eigenvalue weighted by atomic mass is 9.82. The van der Waals surface area contributed by atoms with Crippen molar-refractivity contribution >= 4 is 0 Å². The molecule has 2 N–H and O–H groups in total. The van der Waals surface area contributed by atoms with Gasteiger partial charge in [-0.3, -0.25) is 4.98 Å². The molecule has 0 radical (unpaired) electrons. The molecule has 1 aliphatic rings. The molecule has 3 nitrogen and oxygen atoms in total. The van der Waals surface area contributed by atoms with Crippen molar-refractivity contribution in [1.82, 2.24) is 4.98 Å². The minimum atomic E-state index is -0.758. The third-order valence-electron chi connectivity index (χ3n) is 2.91. The molecule has 1 heterocycles. The minimum Gasteiger partial charge on any atom is -0.506 e. The quantitative estimate of drug-likeness (QED) is 0.716. The molecule has 0 saturated heterocycles. The lowest BCUT2D eigenvalue weighted by Crippen LogP contribution is -2.29. The molecule has 1 aromatic heterocycles. The number of nitrogens with zero attached hydrogens (tertiary/aromatic N) is 1. The molecule has 0 bridgehead atoms. The molecule has 1 fully saturated rings. The van der Waals surface area contributed by atoms with E-state index in [2.05, 4.69) is 4.98 Å². The van der Waals surface area contributed by atoms with Gasteiger partial charge in [0.05, 0.1) is 11.9 Å². The number of aromatic hydroxyl groups is 1. The van der Waals surface area contributed by atoms with E-state index >= 15 is 0 Å². The summed E-state index contributed by atoms with van der Waals surface area (Å²) in [6, 6.07) is 3.29. The smallest absolute Gasteiger partial charge is 0.133 e. The maximum Gasteiger partial charge on any atom is 0.133 e. The Hall–Kier alpha value is -1.09. The Kier molecular flexibility index (Phi) is 2.42. The highest BCUT2D eigenvalue weighted by molar-refractivity contribution is 5.22. The maximum absolute atomic E-state index is 10.3. The van der Waals surface area contributed by atoms with E-state index in [1.54, 1.807) is 12.1 Å². The van der Waals surface area contributed by atoms with Gasteiger partial charge in [-0.15, -0.1) is 0 Å². The highest BCUT2D eigenvalue weighted by atomic mass is 16.3. The fourth-order valence-electron chi connectivity index (χ4n) is 2.05. The van der Waals surface area contributed by atoms with Gasteiger partial charge in [-0.2, -0.15) is 0 Å². The van der Waals surface area contributed by atoms with Gasteiger partial charge < -0.3 is 10.2 Å². The summed E-state index contributed by atoms with van der Waals surface area (Å²) in [5.41, 5.74) is -0.0682. The summed E-state index contributed by atoms with van der Waals surface area (Å²) < 4.78 is 0. The molecular formula is C11H15NO2. The van der Waals surface area contributed by atoms with E-state index in [0.29, 0.717) is 5.69 Å². The van der Waals surface area contributed by atoms with Crippen molar-refractivity contribution in [3.8, 4) is 5.75 Å². The van der Waals surface area contributed by atoms with Gasteiger partial charge in [0.1, 0.15) is 11.4 Å². The number of aliphatic hydroxyl groups is 1. The van der Waals surface area contributed by atoms with Crippen LogP contribution in [0.4, 0.5) is 0 Å². The summed E-state index contributed by atoms with van der Waals surface area (Å²) in [6.07, 6.45) is 6.26. The van der Waals surface area contributed by atoms with E-state index in [9.17, 15) is 5.11 Å². The summed E-state index contributed by atoms with van der Waals surface area (Å²) in [6.45, 7) is 0. The average Bonchev–Trinajstić information content (AvgIpc) is 2.19. The maximum atomic E-state index is 10.3. The Bertz CT molecular complexity index is 302. The largest absolute Gasteiger partial charge is 0.506 e. The van der Waals surface area contributed by atoms with Crippen molar-refractivity contribution in [2.24, 2.45) is 0 Å². The standard InChI is InChI=1S/C11H15NO2/c13-9-4-5-10(12-8-9)11(14)6-2-1-3-7-11/h4-5,8,13-14H,1-3,6-7H2. The van der Waals surface area contributed by atoms with E-state index < -0.39 is 5.60 Å². The molecule has 0 aromatic carbocycles. The number of hydrogen-bond donors (Lipinski definition) is 2. The van der Waals surface area contributed by atoms with Crippen molar-refractivity contribution in [3.63, 3.8) is 0 Å². The second-order valence-corrected chi connectivity index (χ2v) is 3.99. The number of aromatic nitrogens is 1. The summed E-state index contributed by atoms with van der Waals surface area (Å²) >= 11 is 0. The van der Waals surface area contributed by atoms with Gasteiger partial charge >= 0.3 is 0 Å². The first-order valence-electron chi connectivity index (χ1n) is 5.09. The number of rotatable bonds is 1. The van der Waals surface area contributed by atoms with E-state index in [4.69, 9.17) is 5.11 Å². The average molecular weight is 193 g/mol. The first kappa shape index (κ1) is 9.46. The topological polar surface area (TPSA) is 53.4 Å². The highest BCUT2D eigenvalue weighted by Gasteiger charge is 2.32. The third-order valence-corrected chi connectivity index (χ3v) is 2.91. The van der Waals surface area contributed by atoms with Gasteiger partial charge in [-0.1, -0.05) is 19.3 Å². The molecule has 0 atom stereocenters. The molecule has 2 rings (SSSR count). The van der Waals surface area contributed by atoms with E-state index in [1.165, 1.54) is 12.6 Å². The second kappa shape index (κ2) is 3.58. The zero-order valence-corrected chi connectivity index (χ0v) is 8.11. The van der Waals surface area contributed by atoms with Crippen LogP contribution in [0.25, 0.3) is 0 Å². The highest BCUT2D eigenvalue weighted by Crippen LogP contribution is 2.35. The summed E-state index contributed by atoms with van der Waals surface area (Å²) in [4.78, 5) is 4.07. The van der Waals surface area contributed by atoms with Crippen LogP contribution in [-0.2, 0) is 5.60 Å². The molecule has 14 heavy (non-hydrogen) atoms. The normalized spacial score (nSPS) is 20.6. The Morgan fingerprint density at radius 2 is 1.86 bits per heavy atom. The van der Waals surface area contributed by atoms with Crippen molar-refractivity contribution in [2.75, 3.05) is 0 Å². The first-order chi connectivity index (χ1) is 6.71. The minimum absolute atomic E-state index is 0.146. The van der Waals surface area contributed by atoms with Gasteiger partial charge in [0.25, 0.3) is 0 Å². The molecule has 0 unspecified atom stereocenters. The lowest BCUT2D eigenvalue weighted by Gasteiger charge is -2.31. The molecule has 0 spiro atoms. The van der Waals surface area contributed by atoms with Crippen molar-refractivity contribution < 1.29 is 10.2 Å². The monoisotopic (exact) mass is 193 g/mol. The molecule has 1 aliphatic carbocycles. The van der Waals surface area contributed by atoms with Crippen LogP contribution in [0, 0.1) is 0 Å². The Balaban J connectivity index is 2.23. The first-order valence-corrected chi connectivity index (χ1v) is 5.09. The van der Waals surface area contributed by atoms with Gasteiger partial charge in [-0.25, -0.2) is 0 Å². The molecule has 0 aliphatic heterocycles. The summed E-state index contributed by atoms with van der Waals surface area (Å²) in [5.74, 6) is 0.146. The number of pyridine rings is 1. The molecular weight excluding hydrogens is 178 g/mol. The second-order valence-electron chi connectivity index (χ2n) is 3.99. The van der Waals surface area contributed by atoms with Crippen LogP contribution in [0.2, 0.25) is 0 Å². The van der Waals surface area contributed by atoms with E-state index in [-0.39, 0.29) is 5.75 Å². The fraction of sp³-hybridized carbons (Fsp3) is 0.545. The van der Waals surface area contributed by atoms with Gasteiger partial charge in [0.2, 0.25) is 0 Å². The molecule has 1 aromatic rings. The SMILES string of the molecule is Oc1ccc(C2(O)CCCCC2)nc1. The predicted molar refractivity (Wildman–Crippen MR) is 52.9 cm³/mol. The van der Waals surface area contributed by atoms with Crippen molar-refractivity contribution in [3.05, 3.63) is 24.0 Å². The lowest BCUT2D eigenvalue weighted by molar-refractivity contribution is -0.00467. The zero-order chi connectivity index (χ0) is 10.0. The van der Waals surface area contributed by atoms with E-state index in [1.807, 2.05) is 0 Å². The Morgan fingerprint density at radius 1 is 1.14 bits per heavy atom. The summed E-state index contributed by atoms with van der Waals surface area (Å²) in [5, 5.41) is 19.4. The van der Waals surface area contributed by atoms with E-state index in [0.717, 1.165) is 25.7 Å². The predicted octanol–water partition coefficient (Wildman–Crippen LogP) is 1.94. The Labute approximate surface area is 83.4 Å². The van der Waals surface area contributed by atoms with Gasteiger partial charge in [-0.05, 0) is 25.0 Å². The van der Waals surface area contributed by atoms with Gasteiger partial charge in [0.15, 0.2) is 0 Å². The molecule has 76 valence electrons. The van der Waals surface area contributed by atoms with Crippen LogP contribution >= 0.6 is 0 Å². The summed E-state index contributed by atoms with van der Waals surface area (Å²) in [7, 11) is 0. The number of hydrogen-bond acceptors (Lipinski definition) is 3. The van der Waals surface area contributed by atoms with Crippen LogP contribution in [0.1, 0.15) is 37.8 Å². The third kappa shape index (κ3) is 1.73. The Morgan fingerprint density at radius 3 is 2.43 bits per heavy atom.